The number of carbonyl (C=O) groups excluding carboxylic acids is 2. The zero-order valence-electron chi connectivity index (χ0n) is 15.1. The van der Waals surface area contributed by atoms with Crippen molar-refractivity contribution in [2.24, 2.45) is 5.92 Å². The lowest BCUT2D eigenvalue weighted by Gasteiger charge is -2.32. The second-order valence-corrected chi connectivity index (χ2v) is 9.28. The Bertz CT molecular complexity index is 766. The van der Waals surface area contributed by atoms with Gasteiger partial charge in [0.05, 0.1) is 15.2 Å². The second-order valence-electron chi connectivity index (χ2n) is 6.82. The summed E-state index contributed by atoms with van der Waals surface area (Å²) in [6, 6.07) is 14.0. The highest BCUT2D eigenvalue weighted by molar-refractivity contribution is 9.11. The molecule has 3 rings (SSSR count). The molecule has 0 saturated carbocycles. The molecule has 1 aliphatic heterocycles. The Kier molecular flexibility index (Phi) is 7.43. The molecule has 0 spiro atoms. The number of piperidine rings is 1. The van der Waals surface area contributed by atoms with E-state index in [4.69, 9.17) is 0 Å². The monoisotopic (exact) mass is 449 g/mol. The van der Waals surface area contributed by atoms with Crippen molar-refractivity contribution in [1.29, 1.82) is 0 Å². The molecule has 1 atom stereocenters. The average Bonchev–Trinajstić information content (AvgIpc) is 3.12. The lowest BCUT2D eigenvalue weighted by Crippen LogP contribution is -2.43. The highest BCUT2D eigenvalue weighted by atomic mass is 79.9. The molecular weight excluding hydrogens is 426 g/mol. The number of hydrogen-bond donors (Lipinski definition) is 2. The molecule has 2 amide bonds. The molecule has 1 saturated heterocycles. The molecule has 2 N–H and O–H groups in total. The Morgan fingerprint density at radius 2 is 1.96 bits per heavy atom. The van der Waals surface area contributed by atoms with E-state index in [0.29, 0.717) is 17.3 Å². The maximum atomic E-state index is 12.1. The van der Waals surface area contributed by atoms with E-state index in [-0.39, 0.29) is 18.4 Å². The lowest BCUT2D eigenvalue weighted by atomic mass is 9.97. The minimum Gasteiger partial charge on any atom is -0.354 e. The van der Waals surface area contributed by atoms with E-state index in [1.165, 1.54) is 16.9 Å². The Balaban J connectivity index is 1.37. The molecule has 2 aromatic rings. The smallest absolute Gasteiger partial charge is 0.261 e. The number of halogens is 1. The second kappa shape index (κ2) is 10.0. The zero-order valence-corrected chi connectivity index (χ0v) is 17.5. The normalized spacial score (nSPS) is 17.4. The zero-order chi connectivity index (χ0) is 19.1. The summed E-state index contributed by atoms with van der Waals surface area (Å²) >= 11 is 4.68. The average molecular weight is 450 g/mol. The van der Waals surface area contributed by atoms with Crippen LogP contribution in [0.1, 0.15) is 28.1 Å². The highest BCUT2D eigenvalue weighted by Crippen LogP contribution is 2.21. The fraction of sp³-hybridized carbons (Fsp3) is 0.400. The minimum atomic E-state index is -0.215. The number of amides is 2. The van der Waals surface area contributed by atoms with Gasteiger partial charge in [-0.25, -0.2) is 0 Å². The van der Waals surface area contributed by atoms with Gasteiger partial charge in [0.15, 0.2) is 0 Å². The van der Waals surface area contributed by atoms with E-state index >= 15 is 0 Å². The first-order chi connectivity index (χ1) is 13.1. The Morgan fingerprint density at radius 1 is 1.15 bits per heavy atom. The summed E-state index contributed by atoms with van der Waals surface area (Å²) in [6.45, 7) is 3.72. The third kappa shape index (κ3) is 6.45. The molecule has 5 nitrogen and oxygen atoms in total. The van der Waals surface area contributed by atoms with Crippen molar-refractivity contribution in [1.82, 2.24) is 15.5 Å². The van der Waals surface area contributed by atoms with E-state index in [9.17, 15) is 9.59 Å². The molecule has 1 aliphatic rings. The number of carbonyl (C=O) groups is 2. The van der Waals surface area contributed by atoms with Crippen molar-refractivity contribution in [3.63, 3.8) is 0 Å². The number of likely N-dealkylation sites (tertiary alicyclic amines) is 1. The van der Waals surface area contributed by atoms with Gasteiger partial charge in [-0.2, -0.15) is 0 Å². The summed E-state index contributed by atoms with van der Waals surface area (Å²) < 4.78 is 0.898. The molecule has 1 aromatic heterocycles. The predicted molar refractivity (Wildman–Crippen MR) is 112 cm³/mol. The molecule has 0 radical (unpaired) electrons. The van der Waals surface area contributed by atoms with Crippen molar-refractivity contribution < 1.29 is 9.59 Å². The summed E-state index contributed by atoms with van der Waals surface area (Å²) in [5.74, 6) is 0.0991. The van der Waals surface area contributed by atoms with Crippen LogP contribution in [0.15, 0.2) is 46.3 Å². The lowest BCUT2D eigenvalue weighted by molar-refractivity contribution is -0.120. The van der Waals surface area contributed by atoms with Crippen LogP contribution in [0.5, 0.6) is 0 Å². The maximum Gasteiger partial charge on any atom is 0.261 e. The first kappa shape index (κ1) is 20.0. The van der Waals surface area contributed by atoms with Crippen LogP contribution in [-0.2, 0) is 11.3 Å². The van der Waals surface area contributed by atoms with Gasteiger partial charge in [-0.1, -0.05) is 30.3 Å². The van der Waals surface area contributed by atoms with Gasteiger partial charge in [-0.15, -0.1) is 11.3 Å². The van der Waals surface area contributed by atoms with E-state index in [2.05, 4.69) is 55.7 Å². The van der Waals surface area contributed by atoms with Gasteiger partial charge in [0.2, 0.25) is 5.91 Å². The summed E-state index contributed by atoms with van der Waals surface area (Å²) in [6.07, 6.45) is 2.28. The molecule has 0 aliphatic carbocycles. The van der Waals surface area contributed by atoms with Crippen LogP contribution >= 0.6 is 27.3 Å². The summed E-state index contributed by atoms with van der Waals surface area (Å²) in [5.41, 5.74) is 1.32. The van der Waals surface area contributed by atoms with E-state index in [1.54, 1.807) is 6.07 Å². The van der Waals surface area contributed by atoms with Crippen LogP contribution in [0.25, 0.3) is 0 Å². The quantitative estimate of drug-likeness (QED) is 0.681. The van der Waals surface area contributed by atoms with Gasteiger partial charge in [0, 0.05) is 19.6 Å². The standard InChI is InChI=1S/C20H24BrN3O2S/c21-18-9-8-17(27-18)20(26)23-12-19(25)22-11-16-7-4-10-24(14-16)13-15-5-2-1-3-6-15/h1-3,5-6,8-9,16H,4,7,10-14H2,(H,22,25)(H,23,26). The maximum absolute atomic E-state index is 12.1. The van der Waals surface area contributed by atoms with Crippen LogP contribution < -0.4 is 10.6 Å². The SMILES string of the molecule is O=C(CNC(=O)c1ccc(Br)s1)NCC1CCCN(Cc2ccccc2)C1. The summed E-state index contributed by atoms with van der Waals surface area (Å²) in [5, 5.41) is 5.63. The molecule has 144 valence electrons. The van der Waals surface area contributed by atoms with Crippen LogP contribution in [0.2, 0.25) is 0 Å². The topological polar surface area (TPSA) is 61.4 Å². The number of hydrogen-bond acceptors (Lipinski definition) is 4. The fourth-order valence-corrected chi connectivity index (χ4v) is 4.61. The van der Waals surface area contributed by atoms with E-state index < -0.39 is 0 Å². The molecule has 0 bridgehead atoms. The predicted octanol–water partition coefficient (Wildman–Crippen LogP) is 3.27. The van der Waals surface area contributed by atoms with Crippen LogP contribution in [-0.4, -0.2) is 42.9 Å². The molecule has 1 fully saturated rings. The van der Waals surface area contributed by atoms with Crippen molar-refractivity contribution in [3.8, 4) is 0 Å². The van der Waals surface area contributed by atoms with Gasteiger partial charge in [0.25, 0.3) is 5.91 Å². The third-order valence-corrected chi connectivity index (χ3v) is 6.27. The number of nitrogens with zero attached hydrogens (tertiary/aromatic N) is 1. The van der Waals surface area contributed by atoms with Gasteiger partial charge in [-0.3, -0.25) is 14.5 Å². The van der Waals surface area contributed by atoms with Gasteiger partial charge >= 0.3 is 0 Å². The van der Waals surface area contributed by atoms with Crippen LogP contribution in [0.3, 0.4) is 0 Å². The van der Waals surface area contributed by atoms with Crippen molar-refractivity contribution >= 4 is 39.1 Å². The van der Waals surface area contributed by atoms with Crippen molar-refractivity contribution in [2.45, 2.75) is 19.4 Å². The number of benzene rings is 1. The number of rotatable bonds is 7. The van der Waals surface area contributed by atoms with Crippen LogP contribution in [0.4, 0.5) is 0 Å². The Labute approximate surface area is 172 Å². The molecule has 1 unspecified atom stereocenters. The van der Waals surface area contributed by atoms with Gasteiger partial charge in [-0.05, 0) is 58.9 Å². The third-order valence-electron chi connectivity index (χ3n) is 4.65. The van der Waals surface area contributed by atoms with Crippen molar-refractivity contribution in [2.75, 3.05) is 26.2 Å². The Morgan fingerprint density at radius 3 is 2.70 bits per heavy atom. The molecule has 27 heavy (non-hydrogen) atoms. The van der Waals surface area contributed by atoms with E-state index in [0.717, 1.165) is 36.3 Å². The first-order valence-electron chi connectivity index (χ1n) is 9.16. The minimum absolute atomic E-state index is 0.00873. The first-order valence-corrected chi connectivity index (χ1v) is 10.8. The van der Waals surface area contributed by atoms with Crippen molar-refractivity contribution in [3.05, 3.63) is 56.7 Å². The van der Waals surface area contributed by atoms with Crippen LogP contribution in [0, 0.1) is 5.92 Å². The number of nitrogens with one attached hydrogen (secondary N) is 2. The molecule has 2 heterocycles. The number of thiophene rings is 1. The summed E-state index contributed by atoms with van der Waals surface area (Å²) in [4.78, 5) is 27.1. The van der Waals surface area contributed by atoms with Gasteiger partial charge in [0.1, 0.15) is 0 Å². The molecule has 1 aromatic carbocycles. The van der Waals surface area contributed by atoms with E-state index in [1.807, 2.05) is 12.1 Å². The largest absolute Gasteiger partial charge is 0.354 e. The Hall–Kier alpha value is -1.70. The fourth-order valence-electron chi connectivity index (χ4n) is 3.31. The molecular formula is C20H24BrN3O2S. The molecule has 7 heteroatoms. The van der Waals surface area contributed by atoms with Gasteiger partial charge < -0.3 is 10.6 Å². The summed E-state index contributed by atoms with van der Waals surface area (Å²) in [7, 11) is 0. The highest BCUT2D eigenvalue weighted by Gasteiger charge is 2.20.